The van der Waals surface area contributed by atoms with Crippen molar-refractivity contribution in [3.05, 3.63) is 17.5 Å². The number of hydrogen-bond donors (Lipinski definition) is 2. The predicted octanol–water partition coefficient (Wildman–Crippen LogP) is 2.61. The summed E-state index contributed by atoms with van der Waals surface area (Å²) in [6.45, 7) is 0. The SMILES string of the molecule is O=C(NC1CCC(C(=O)O)CC1)c1cc(C(F)(F)F)nn1C1CC1. The number of aromatic nitrogens is 2. The number of alkyl halides is 3. The number of carbonyl (C=O) groups excluding carboxylic acids is 1. The first-order valence-corrected chi connectivity index (χ1v) is 7.96. The van der Waals surface area contributed by atoms with Gasteiger partial charge in [-0.2, -0.15) is 18.3 Å². The molecule has 0 atom stereocenters. The summed E-state index contributed by atoms with van der Waals surface area (Å²) in [4.78, 5) is 23.3. The molecular formula is C15H18F3N3O3. The number of nitrogens with one attached hydrogen (secondary N) is 1. The zero-order chi connectivity index (χ0) is 17.5. The molecule has 24 heavy (non-hydrogen) atoms. The largest absolute Gasteiger partial charge is 0.481 e. The van der Waals surface area contributed by atoms with Crippen LogP contribution >= 0.6 is 0 Å². The van der Waals surface area contributed by atoms with E-state index in [1.165, 1.54) is 4.68 Å². The Hall–Kier alpha value is -2.06. The fraction of sp³-hybridized carbons (Fsp3) is 0.667. The molecule has 9 heteroatoms. The van der Waals surface area contributed by atoms with Gasteiger partial charge in [-0.25, -0.2) is 0 Å². The van der Waals surface area contributed by atoms with Crippen molar-refractivity contribution in [2.75, 3.05) is 0 Å². The molecule has 3 rings (SSSR count). The summed E-state index contributed by atoms with van der Waals surface area (Å²) in [7, 11) is 0. The highest BCUT2D eigenvalue weighted by Crippen LogP contribution is 2.38. The minimum absolute atomic E-state index is 0.0785. The molecule has 2 saturated carbocycles. The predicted molar refractivity (Wildman–Crippen MR) is 76.3 cm³/mol. The molecule has 1 aromatic rings. The van der Waals surface area contributed by atoms with Gasteiger partial charge in [0.05, 0.1) is 12.0 Å². The Kier molecular flexibility index (Phi) is 4.27. The lowest BCUT2D eigenvalue weighted by Crippen LogP contribution is -2.39. The van der Waals surface area contributed by atoms with Gasteiger partial charge in [0.25, 0.3) is 5.91 Å². The van der Waals surface area contributed by atoms with E-state index in [0.717, 1.165) is 6.07 Å². The Labute approximate surface area is 136 Å². The second kappa shape index (κ2) is 6.10. The van der Waals surface area contributed by atoms with Crippen molar-refractivity contribution in [3.63, 3.8) is 0 Å². The van der Waals surface area contributed by atoms with Crippen LogP contribution in [0.2, 0.25) is 0 Å². The van der Waals surface area contributed by atoms with Gasteiger partial charge >= 0.3 is 12.1 Å². The maximum atomic E-state index is 12.8. The van der Waals surface area contributed by atoms with Crippen molar-refractivity contribution in [1.29, 1.82) is 0 Å². The summed E-state index contributed by atoms with van der Waals surface area (Å²) in [5.41, 5.74) is -1.14. The van der Waals surface area contributed by atoms with Crippen LogP contribution in [-0.4, -0.2) is 32.8 Å². The Morgan fingerprint density at radius 2 is 1.79 bits per heavy atom. The Bertz CT molecular complexity index is 644. The standard InChI is InChI=1S/C15H18F3N3O3/c16-15(17,18)12-7-11(21(20-12)10-5-6-10)13(22)19-9-3-1-8(2-4-9)14(23)24/h7-10H,1-6H2,(H,19,22)(H,23,24). The summed E-state index contributed by atoms with van der Waals surface area (Å²) >= 11 is 0. The number of nitrogens with zero attached hydrogens (tertiary/aromatic N) is 2. The highest BCUT2D eigenvalue weighted by molar-refractivity contribution is 5.93. The van der Waals surface area contributed by atoms with E-state index in [-0.39, 0.29) is 17.8 Å². The highest BCUT2D eigenvalue weighted by atomic mass is 19.4. The number of halogens is 3. The van der Waals surface area contributed by atoms with Crippen LogP contribution in [0.4, 0.5) is 13.2 Å². The van der Waals surface area contributed by atoms with Crippen LogP contribution in [-0.2, 0) is 11.0 Å². The third kappa shape index (κ3) is 3.54. The van der Waals surface area contributed by atoms with Gasteiger partial charge in [0.15, 0.2) is 5.69 Å². The number of hydrogen-bond acceptors (Lipinski definition) is 3. The molecule has 0 radical (unpaired) electrons. The molecule has 2 N–H and O–H groups in total. The molecule has 0 saturated heterocycles. The van der Waals surface area contributed by atoms with E-state index < -0.39 is 29.7 Å². The van der Waals surface area contributed by atoms with Crippen molar-refractivity contribution in [1.82, 2.24) is 15.1 Å². The molecular weight excluding hydrogens is 327 g/mol. The fourth-order valence-electron chi connectivity index (χ4n) is 3.04. The number of carbonyl (C=O) groups is 2. The first-order valence-electron chi connectivity index (χ1n) is 7.96. The van der Waals surface area contributed by atoms with E-state index in [9.17, 15) is 22.8 Å². The second-order valence-electron chi connectivity index (χ2n) is 6.45. The van der Waals surface area contributed by atoms with Crippen LogP contribution in [0.15, 0.2) is 6.07 Å². The Morgan fingerprint density at radius 1 is 1.17 bits per heavy atom. The van der Waals surface area contributed by atoms with E-state index in [0.29, 0.717) is 38.5 Å². The zero-order valence-corrected chi connectivity index (χ0v) is 12.8. The monoisotopic (exact) mass is 345 g/mol. The lowest BCUT2D eigenvalue weighted by molar-refractivity contribution is -0.143. The topological polar surface area (TPSA) is 84.2 Å². The maximum Gasteiger partial charge on any atom is 0.435 e. The molecule has 2 aliphatic carbocycles. The molecule has 1 aromatic heterocycles. The molecule has 132 valence electrons. The molecule has 0 aliphatic heterocycles. The molecule has 0 unspecified atom stereocenters. The zero-order valence-electron chi connectivity index (χ0n) is 12.8. The van der Waals surface area contributed by atoms with Crippen molar-refractivity contribution >= 4 is 11.9 Å². The van der Waals surface area contributed by atoms with E-state index in [2.05, 4.69) is 10.4 Å². The fourth-order valence-corrected chi connectivity index (χ4v) is 3.04. The molecule has 1 heterocycles. The van der Waals surface area contributed by atoms with Crippen LogP contribution in [0.25, 0.3) is 0 Å². The van der Waals surface area contributed by atoms with Crippen LogP contribution in [0.3, 0.4) is 0 Å². The van der Waals surface area contributed by atoms with Gasteiger partial charge in [-0.1, -0.05) is 0 Å². The number of carboxylic acids is 1. The van der Waals surface area contributed by atoms with Crippen LogP contribution in [0.5, 0.6) is 0 Å². The number of rotatable bonds is 4. The first-order chi connectivity index (χ1) is 11.3. The third-order valence-corrected chi connectivity index (χ3v) is 4.56. The van der Waals surface area contributed by atoms with Gasteiger partial charge in [-0.15, -0.1) is 0 Å². The van der Waals surface area contributed by atoms with Gasteiger partial charge in [-0.05, 0) is 38.5 Å². The van der Waals surface area contributed by atoms with Crippen LogP contribution in [0, 0.1) is 5.92 Å². The molecule has 2 aliphatic rings. The van der Waals surface area contributed by atoms with Gasteiger partial charge in [0.1, 0.15) is 5.69 Å². The van der Waals surface area contributed by atoms with E-state index >= 15 is 0 Å². The number of aliphatic carboxylic acids is 1. The van der Waals surface area contributed by atoms with Crippen molar-refractivity contribution in [2.45, 2.75) is 56.8 Å². The summed E-state index contributed by atoms with van der Waals surface area (Å²) in [6, 6.07) is 0.422. The quantitative estimate of drug-likeness (QED) is 0.879. The minimum Gasteiger partial charge on any atom is -0.481 e. The van der Waals surface area contributed by atoms with E-state index in [1.54, 1.807) is 0 Å². The number of carboxylic acid groups (broad SMARTS) is 1. The summed E-state index contributed by atoms with van der Waals surface area (Å²) in [5, 5.41) is 15.2. The molecule has 0 aromatic carbocycles. The smallest absolute Gasteiger partial charge is 0.435 e. The lowest BCUT2D eigenvalue weighted by atomic mass is 9.86. The summed E-state index contributed by atoms with van der Waals surface area (Å²) in [6.07, 6.45) is -1.24. The molecule has 0 spiro atoms. The van der Waals surface area contributed by atoms with Gasteiger partial charge in [0.2, 0.25) is 0 Å². The molecule has 0 bridgehead atoms. The molecule has 1 amide bonds. The van der Waals surface area contributed by atoms with E-state index in [4.69, 9.17) is 5.11 Å². The second-order valence-corrected chi connectivity index (χ2v) is 6.45. The highest BCUT2D eigenvalue weighted by Gasteiger charge is 2.39. The van der Waals surface area contributed by atoms with Crippen LogP contribution in [0.1, 0.15) is 60.7 Å². The number of amides is 1. The summed E-state index contributed by atoms with van der Waals surface area (Å²) in [5.74, 6) is -1.84. The molecule has 2 fully saturated rings. The minimum atomic E-state index is -4.59. The molecule has 6 nitrogen and oxygen atoms in total. The third-order valence-electron chi connectivity index (χ3n) is 4.56. The van der Waals surface area contributed by atoms with Gasteiger partial charge in [-0.3, -0.25) is 14.3 Å². The average Bonchev–Trinajstić information content (AvgIpc) is 3.24. The lowest BCUT2D eigenvalue weighted by Gasteiger charge is -2.26. The Morgan fingerprint density at radius 3 is 2.29 bits per heavy atom. The van der Waals surface area contributed by atoms with Crippen molar-refractivity contribution in [3.8, 4) is 0 Å². The van der Waals surface area contributed by atoms with Gasteiger partial charge < -0.3 is 10.4 Å². The van der Waals surface area contributed by atoms with Crippen molar-refractivity contribution in [2.24, 2.45) is 5.92 Å². The van der Waals surface area contributed by atoms with Gasteiger partial charge in [0, 0.05) is 12.1 Å². The normalized spacial score (nSPS) is 24.6. The van der Waals surface area contributed by atoms with Crippen molar-refractivity contribution < 1.29 is 27.9 Å². The van der Waals surface area contributed by atoms with Crippen LogP contribution < -0.4 is 5.32 Å². The first kappa shape index (κ1) is 16.8. The summed E-state index contributed by atoms with van der Waals surface area (Å²) < 4.78 is 39.7. The van der Waals surface area contributed by atoms with E-state index in [1.807, 2.05) is 0 Å². The Balaban J connectivity index is 1.69. The maximum absolute atomic E-state index is 12.8. The average molecular weight is 345 g/mol.